The minimum atomic E-state index is -1.47. The molecule has 0 heterocycles. The lowest BCUT2D eigenvalue weighted by atomic mass is 9.79. The molecule has 2 aromatic carbocycles. The highest BCUT2D eigenvalue weighted by atomic mass is 16.6. The minimum Gasteiger partial charge on any atom is -0.462 e. The molecule has 0 spiro atoms. The van der Waals surface area contributed by atoms with Gasteiger partial charge in [0.05, 0.1) is 24.7 Å². The summed E-state index contributed by atoms with van der Waals surface area (Å²) in [5.41, 5.74) is 1.51. The molecule has 8 heteroatoms. The molecule has 2 aromatic rings. The van der Waals surface area contributed by atoms with Crippen molar-refractivity contribution in [2.45, 2.75) is 71.3 Å². The predicted molar refractivity (Wildman–Crippen MR) is 131 cm³/mol. The van der Waals surface area contributed by atoms with Crippen molar-refractivity contribution in [3.63, 3.8) is 0 Å². The maximum Gasteiger partial charge on any atom is 0.321 e. The third-order valence-corrected chi connectivity index (χ3v) is 5.34. The number of rotatable bonds is 14. The number of carbonyl (C=O) groups is 2. The van der Waals surface area contributed by atoms with E-state index in [1.165, 1.54) is 0 Å². The van der Waals surface area contributed by atoms with E-state index in [-0.39, 0.29) is 6.42 Å². The fourth-order valence-corrected chi connectivity index (χ4v) is 3.89. The molecule has 0 saturated carbocycles. The summed E-state index contributed by atoms with van der Waals surface area (Å²) >= 11 is 0. The predicted octanol–water partition coefficient (Wildman–Crippen LogP) is 4.93. The Morgan fingerprint density at radius 3 is 1.86 bits per heavy atom. The summed E-state index contributed by atoms with van der Waals surface area (Å²) in [5.74, 6) is -4.18. The van der Waals surface area contributed by atoms with Crippen LogP contribution < -0.4 is 0 Å². The summed E-state index contributed by atoms with van der Waals surface area (Å²) in [4.78, 5) is 38.0. The molecule has 0 aromatic heterocycles. The Morgan fingerprint density at radius 1 is 0.857 bits per heavy atom. The minimum absolute atomic E-state index is 0.113. The van der Waals surface area contributed by atoms with Crippen LogP contribution in [0.15, 0.2) is 60.7 Å². The van der Waals surface area contributed by atoms with E-state index in [2.05, 4.69) is 0 Å². The van der Waals surface area contributed by atoms with Crippen LogP contribution in [0.5, 0.6) is 0 Å². The molecule has 190 valence electrons. The Labute approximate surface area is 206 Å². The maximum absolute atomic E-state index is 13.1. The van der Waals surface area contributed by atoms with E-state index in [0.717, 1.165) is 5.56 Å². The summed E-state index contributed by atoms with van der Waals surface area (Å²) in [7, 11) is 0. The normalized spacial score (nSPS) is 13.0. The SMILES string of the molecule is CC(C)OC(=O)C(C(=O)OC(C)C)C(c1ccccc1)C(CCCOCc1ccccc1)[N+](=O)[O-]. The average Bonchev–Trinajstić information content (AvgIpc) is 2.80. The number of benzene rings is 2. The first-order valence-electron chi connectivity index (χ1n) is 11.9. The molecule has 2 atom stereocenters. The fourth-order valence-electron chi connectivity index (χ4n) is 3.89. The molecule has 2 rings (SSSR count). The van der Waals surface area contributed by atoms with Gasteiger partial charge in [0.2, 0.25) is 6.04 Å². The van der Waals surface area contributed by atoms with Crippen LogP contribution in [-0.2, 0) is 30.4 Å². The lowest BCUT2D eigenvalue weighted by Gasteiger charge is -2.28. The van der Waals surface area contributed by atoms with Gasteiger partial charge in [0.25, 0.3) is 0 Å². The van der Waals surface area contributed by atoms with Crippen LogP contribution >= 0.6 is 0 Å². The number of ether oxygens (including phenoxy) is 3. The standard InChI is InChI=1S/C27H35NO7/c1-19(2)34-26(29)25(27(30)35-20(3)4)24(22-14-9-6-10-15-22)23(28(31)32)16-11-17-33-18-21-12-7-5-8-13-21/h5-10,12-15,19-20,23-25H,11,16-18H2,1-4H3. The van der Waals surface area contributed by atoms with Crippen LogP contribution in [-0.4, -0.2) is 41.7 Å². The molecule has 0 fully saturated rings. The second kappa shape index (κ2) is 14.2. The lowest BCUT2D eigenvalue weighted by molar-refractivity contribution is -0.529. The van der Waals surface area contributed by atoms with Crippen molar-refractivity contribution in [3.8, 4) is 0 Å². The van der Waals surface area contributed by atoms with Crippen molar-refractivity contribution >= 4 is 11.9 Å². The molecule has 0 saturated heterocycles. The summed E-state index contributed by atoms with van der Waals surface area (Å²) in [6.07, 6.45) is -0.489. The highest BCUT2D eigenvalue weighted by molar-refractivity contribution is 5.96. The van der Waals surface area contributed by atoms with E-state index in [1.54, 1.807) is 58.0 Å². The molecular formula is C27H35NO7. The summed E-state index contributed by atoms with van der Waals surface area (Å²) in [6, 6.07) is 17.0. The Bertz CT molecular complexity index is 909. The van der Waals surface area contributed by atoms with Gasteiger partial charge >= 0.3 is 11.9 Å². The van der Waals surface area contributed by atoms with Crippen molar-refractivity contribution in [1.29, 1.82) is 0 Å². The van der Waals surface area contributed by atoms with Gasteiger partial charge in [-0.1, -0.05) is 60.7 Å². The zero-order valence-corrected chi connectivity index (χ0v) is 20.8. The Hall–Kier alpha value is -3.26. The van der Waals surface area contributed by atoms with Gasteiger partial charge in [0.15, 0.2) is 5.92 Å². The fraction of sp³-hybridized carbons (Fsp3) is 0.481. The molecule has 0 aliphatic heterocycles. The summed E-state index contributed by atoms with van der Waals surface area (Å²) in [6.45, 7) is 7.35. The highest BCUT2D eigenvalue weighted by Gasteiger charge is 2.47. The van der Waals surface area contributed by atoms with Gasteiger partial charge in [0, 0.05) is 18.0 Å². The smallest absolute Gasteiger partial charge is 0.321 e. The van der Waals surface area contributed by atoms with Gasteiger partial charge in [-0.3, -0.25) is 19.7 Å². The second-order valence-corrected chi connectivity index (χ2v) is 8.92. The Morgan fingerprint density at radius 2 is 1.37 bits per heavy atom. The quantitative estimate of drug-likeness (QED) is 0.123. The van der Waals surface area contributed by atoms with Gasteiger partial charge < -0.3 is 14.2 Å². The first kappa shape index (κ1) is 28.0. The molecule has 0 amide bonds. The molecular weight excluding hydrogens is 450 g/mol. The van der Waals surface area contributed by atoms with Crippen molar-refractivity contribution < 1.29 is 28.7 Å². The van der Waals surface area contributed by atoms with Crippen molar-refractivity contribution in [1.82, 2.24) is 0 Å². The first-order valence-corrected chi connectivity index (χ1v) is 11.9. The molecule has 35 heavy (non-hydrogen) atoms. The van der Waals surface area contributed by atoms with E-state index in [0.29, 0.717) is 25.2 Å². The van der Waals surface area contributed by atoms with Gasteiger partial charge in [-0.25, -0.2) is 0 Å². The van der Waals surface area contributed by atoms with Crippen LogP contribution in [0.3, 0.4) is 0 Å². The number of hydrogen-bond donors (Lipinski definition) is 0. The molecule has 2 unspecified atom stereocenters. The lowest BCUT2D eigenvalue weighted by Crippen LogP contribution is -2.42. The van der Waals surface area contributed by atoms with Crippen LogP contribution in [0.1, 0.15) is 57.6 Å². The van der Waals surface area contributed by atoms with Crippen LogP contribution in [0.4, 0.5) is 0 Å². The van der Waals surface area contributed by atoms with Gasteiger partial charge in [-0.05, 0) is 45.2 Å². The largest absolute Gasteiger partial charge is 0.462 e. The number of nitro groups is 1. The Balaban J connectivity index is 2.28. The molecule has 8 nitrogen and oxygen atoms in total. The molecule has 0 aliphatic carbocycles. The first-order chi connectivity index (χ1) is 16.7. The monoisotopic (exact) mass is 485 g/mol. The summed E-state index contributed by atoms with van der Waals surface area (Å²) in [5, 5.41) is 12.3. The summed E-state index contributed by atoms with van der Waals surface area (Å²) < 4.78 is 16.4. The molecule has 0 bridgehead atoms. The third kappa shape index (κ3) is 9.13. The van der Waals surface area contributed by atoms with Crippen LogP contribution in [0.2, 0.25) is 0 Å². The van der Waals surface area contributed by atoms with Gasteiger partial charge in [0.1, 0.15) is 0 Å². The zero-order valence-electron chi connectivity index (χ0n) is 20.8. The maximum atomic E-state index is 13.1. The van der Waals surface area contributed by atoms with E-state index < -0.39 is 46.9 Å². The van der Waals surface area contributed by atoms with Crippen molar-refractivity contribution in [3.05, 3.63) is 81.9 Å². The zero-order chi connectivity index (χ0) is 25.8. The van der Waals surface area contributed by atoms with E-state index >= 15 is 0 Å². The molecule has 0 aliphatic rings. The Kier molecular flexibility index (Phi) is 11.4. The number of carbonyl (C=O) groups excluding carboxylic acids is 2. The van der Waals surface area contributed by atoms with E-state index in [9.17, 15) is 19.7 Å². The van der Waals surface area contributed by atoms with Crippen molar-refractivity contribution in [2.75, 3.05) is 6.61 Å². The average molecular weight is 486 g/mol. The highest BCUT2D eigenvalue weighted by Crippen LogP contribution is 2.34. The molecule has 0 N–H and O–H groups in total. The van der Waals surface area contributed by atoms with Crippen molar-refractivity contribution in [2.24, 2.45) is 5.92 Å². The number of esters is 2. The topological polar surface area (TPSA) is 105 Å². The second-order valence-electron chi connectivity index (χ2n) is 8.92. The van der Waals surface area contributed by atoms with E-state index in [1.807, 2.05) is 30.3 Å². The van der Waals surface area contributed by atoms with Crippen LogP contribution in [0, 0.1) is 16.0 Å². The molecule has 0 radical (unpaired) electrons. The number of nitrogens with zero attached hydrogens (tertiary/aromatic N) is 1. The van der Waals surface area contributed by atoms with Crippen LogP contribution in [0.25, 0.3) is 0 Å². The van der Waals surface area contributed by atoms with E-state index in [4.69, 9.17) is 14.2 Å². The third-order valence-electron chi connectivity index (χ3n) is 5.34. The van der Waals surface area contributed by atoms with Gasteiger partial charge in [-0.2, -0.15) is 0 Å². The van der Waals surface area contributed by atoms with Gasteiger partial charge in [-0.15, -0.1) is 0 Å². The number of hydrogen-bond acceptors (Lipinski definition) is 7.